The molecule has 3 rings (SSSR count). The predicted octanol–water partition coefficient (Wildman–Crippen LogP) is 3.60. The monoisotopic (exact) mass is 230 g/mol. The Morgan fingerprint density at radius 2 is 1.75 bits per heavy atom. The summed E-state index contributed by atoms with van der Waals surface area (Å²) in [5, 5.41) is 2.85. The molecule has 2 nitrogen and oxygen atoms in total. The van der Waals surface area contributed by atoms with Gasteiger partial charge in [-0.2, -0.15) is 0 Å². The van der Waals surface area contributed by atoms with Crippen LogP contribution in [0.15, 0.2) is 51.7 Å². The van der Waals surface area contributed by atoms with Crippen molar-refractivity contribution in [2.75, 3.05) is 0 Å². The van der Waals surface area contributed by atoms with E-state index in [1.807, 2.05) is 24.3 Å². The third kappa shape index (κ3) is 1.31. The number of benzene rings is 2. The Bertz CT molecular complexity index is 744. The second-order valence-electron chi connectivity index (χ2n) is 3.58. The van der Waals surface area contributed by atoms with Crippen LogP contribution in [0.3, 0.4) is 0 Å². The van der Waals surface area contributed by atoms with Crippen LogP contribution in [0.1, 0.15) is 0 Å². The van der Waals surface area contributed by atoms with Gasteiger partial charge < -0.3 is 4.42 Å². The molecule has 0 aliphatic rings. The van der Waals surface area contributed by atoms with Gasteiger partial charge in [0.05, 0.1) is 5.39 Å². The minimum Gasteiger partial charge on any atom is -0.422 e. The first-order valence-electron chi connectivity index (χ1n) is 4.87. The summed E-state index contributed by atoms with van der Waals surface area (Å²) in [6, 6.07) is 12.7. The van der Waals surface area contributed by atoms with Crippen LogP contribution in [0, 0.1) is 0 Å². The molecule has 0 saturated heterocycles. The van der Waals surface area contributed by atoms with E-state index in [1.165, 1.54) is 0 Å². The van der Waals surface area contributed by atoms with E-state index in [-0.39, 0.29) is 5.63 Å². The molecule has 1 heterocycles. The fourth-order valence-electron chi connectivity index (χ4n) is 1.85. The average Bonchev–Trinajstić information content (AvgIpc) is 2.29. The highest BCUT2D eigenvalue weighted by Gasteiger charge is 2.06. The van der Waals surface area contributed by atoms with Crippen molar-refractivity contribution in [3.63, 3.8) is 0 Å². The van der Waals surface area contributed by atoms with Crippen LogP contribution in [0.2, 0.25) is 5.02 Å². The van der Waals surface area contributed by atoms with Crippen molar-refractivity contribution in [1.29, 1.82) is 0 Å². The maximum Gasteiger partial charge on any atom is 0.344 e. The number of halogens is 1. The van der Waals surface area contributed by atoms with Gasteiger partial charge >= 0.3 is 5.63 Å². The standard InChI is InChI=1S/C13H7ClO2/c14-8-5-6-9-10-3-1-2-4-12(10)16-13(15)11(9)7-8/h1-7H. The second-order valence-corrected chi connectivity index (χ2v) is 4.01. The average molecular weight is 231 g/mol. The van der Waals surface area contributed by atoms with Gasteiger partial charge in [-0.05, 0) is 18.2 Å². The highest BCUT2D eigenvalue weighted by Crippen LogP contribution is 2.24. The number of hydrogen-bond donors (Lipinski definition) is 0. The van der Waals surface area contributed by atoms with Gasteiger partial charge in [-0.25, -0.2) is 4.79 Å². The van der Waals surface area contributed by atoms with Crippen LogP contribution in [0.4, 0.5) is 0 Å². The summed E-state index contributed by atoms with van der Waals surface area (Å²) in [6.07, 6.45) is 0. The Hall–Kier alpha value is -1.80. The summed E-state index contributed by atoms with van der Waals surface area (Å²) in [4.78, 5) is 11.7. The van der Waals surface area contributed by atoms with E-state index < -0.39 is 0 Å². The molecule has 78 valence electrons. The lowest BCUT2D eigenvalue weighted by Crippen LogP contribution is -1.99. The Morgan fingerprint density at radius 3 is 2.62 bits per heavy atom. The lowest BCUT2D eigenvalue weighted by atomic mass is 10.1. The van der Waals surface area contributed by atoms with Gasteiger partial charge in [0.15, 0.2) is 0 Å². The fraction of sp³-hybridized carbons (Fsp3) is 0. The Labute approximate surface area is 96.1 Å². The van der Waals surface area contributed by atoms with Gasteiger partial charge in [0.2, 0.25) is 0 Å². The first-order valence-corrected chi connectivity index (χ1v) is 5.24. The molecular weight excluding hydrogens is 224 g/mol. The van der Waals surface area contributed by atoms with Crippen molar-refractivity contribution < 1.29 is 4.42 Å². The van der Waals surface area contributed by atoms with Crippen molar-refractivity contribution in [1.82, 2.24) is 0 Å². The zero-order valence-electron chi connectivity index (χ0n) is 8.24. The summed E-state index contributed by atoms with van der Waals surface area (Å²) < 4.78 is 5.22. The molecule has 0 spiro atoms. The topological polar surface area (TPSA) is 30.2 Å². The van der Waals surface area contributed by atoms with Crippen LogP contribution in [-0.4, -0.2) is 0 Å². The molecule has 0 N–H and O–H groups in total. The van der Waals surface area contributed by atoms with Crippen molar-refractivity contribution in [2.45, 2.75) is 0 Å². The van der Waals surface area contributed by atoms with E-state index in [1.54, 1.807) is 18.2 Å². The molecule has 0 bridgehead atoms. The maximum absolute atomic E-state index is 11.7. The molecule has 0 amide bonds. The molecular formula is C13H7ClO2. The Balaban J connectivity index is 2.65. The minimum absolute atomic E-state index is 0.351. The normalized spacial score (nSPS) is 11.1. The lowest BCUT2D eigenvalue weighted by molar-refractivity contribution is 0.569. The molecule has 0 aliphatic heterocycles. The summed E-state index contributed by atoms with van der Waals surface area (Å²) in [5.74, 6) is 0. The molecule has 2 aromatic carbocycles. The molecule has 0 fully saturated rings. The molecule has 3 aromatic rings. The van der Waals surface area contributed by atoms with E-state index in [2.05, 4.69) is 0 Å². The zero-order chi connectivity index (χ0) is 11.1. The van der Waals surface area contributed by atoms with Crippen LogP contribution in [0.25, 0.3) is 21.7 Å². The van der Waals surface area contributed by atoms with E-state index >= 15 is 0 Å². The SMILES string of the molecule is O=c1oc2ccccc2c2ccc(Cl)cc12. The van der Waals surface area contributed by atoms with Crippen molar-refractivity contribution in [3.05, 3.63) is 57.9 Å². The first kappa shape index (κ1) is 9.43. The fourth-order valence-corrected chi connectivity index (χ4v) is 2.03. The summed E-state index contributed by atoms with van der Waals surface area (Å²) in [6.45, 7) is 0. The van der Waals surface area contributed by atoms with Gasteiger partial charge in [-0.3, -0.25) is 0 Å². The third-order valence-corrected chi connectivity index (χ3v) is 2.82. The van der Waals surface area contributed by atoms with E-state index in [0.29, 0.717) is 16.0 Å². The Kier molecular flexibility index (Phi) is 1.98. The molecule has 1 aromatic heterocycles. The first-order chi connectivity index (χ1) is 7.75. The second kappa shape index (κ2) is 3.35. The molecule has 0 radical (unpaired) electrons. The van der Waals surface area contributed by atoms with Crippen molar-refractivity contribution in [2.24, 2.45) is 0 Å². The number of hydrogen-bond acceptors (Lipinski definition) is 2. The van der Waals surface area contributed by atoms with Crippen LogP contribution >= 0.6 is 11.6 Å². The molecule has 16 heavy (non-hydrogen) atoms. The quantitative estimate of drug-likeness (QED) is 0.436. The maximum atomic E-state index is 11.7. The van der Waals surface area contributed by atoms with Crippen LogP contribution in [0.5, 0.6) is 0 Å². The Morgan fingerprint density at radius 1 is 0.938 bits per heavy atom. The largest absolute Gasteiger partial charge is 0.422 e. The van der Waals surface area contributed by atoms with E-state index in [0.717, 1.165) is 10.8 Å². The highest BCUT2D eigenvalue weighted by atomic mass is 35.5. The molecule has 0 saturated carbocycles. The third-order valence-electron chi connectivity index (χ3n) is 2.58. The molecule has 0 atom stereocenters. The van der Waals surface area contributed by atoms with Crippen molar-refractivity contribution >= 4 is 33.3 Å². The summed E-state index contributed by atoms with van der Waals surface area (Å²) in [7, 11) is 0. The molecule has 3 heteroatoms. The summed E-state index contributed by atoms with van der Waals surface area (Å²) in [5.41, 5.74) is 0.249. The predicted molar refractivity (Wildman–Crippen MR) is 65.0 cm³/mol. The van der Waals surface area contributed by atoms with Gasteiger partial charge in [0, 0.05) is 15.8 Å². The van der Waals surface area contributed by atoms with Crippen LogP contribution < -0.4 is 5.63 Å². The van der Waals surface area contributed by atoms with E-state index in [4.69, 9.17) is 16.0 Å². The van der Waals surface area contributed by atoms with Gasteiger partial charge in [-0.15, -0.1) is 0 Å². The smallest absolute Gasteiger partial charge is 0.344 e. The number of rotatable bonds is 0. The minimum atomic E-state index is -0.351. The van der Waals surface area contributed by atoms with Crippen molar-refractivity contribution in [3.8, 4) is 0 Å². The van der Waals surface area contributed by atoms with Crippen LogP contribution in [-0.2, 0) is 0 Å². The van der Waals surface area contributed by atoms with Gasteiger partial charge in [0.1, 0.15) is 5.58 Å². The van der Waals surface area contributed by atoms with Gasteiger partial charge in [0.25, 0.3) is 0 Å². The zero-order valence-corrected chi connectivity index (χ0v) is 8.99. The van der Waals surface area contributed by atoms with E-state index in [9.17, 15) is 4.79 Å². The molecule has 0 unspecified atom stereocenters. The van der Waals surface area contributed by atoms with Gasteiger partial charge in [-0.1, -0.05) is 35.9 Å². The highest BCUT2D eigenvalue weighted by molar-refractivity contribution is 6.31. The number of para-hydroxylation sites is 1. The number of fused-ring (bicyclic) bond motifs is 3. The molecule has 0 aliphatic carbocycles. The summed E-state index contributed by atoms with van der Waals surface area (Å²) >= 11 is 5.86. The lowest BCUT2D eigenvalue weighted by Gasteiger charge is -2.01.